The first-order valence-electron chi connectivity index (χ1n) is 12.0. The molecule has 3 heterocycles. The summed E-state index contributed by atoms with van der Waals surface area (Å²) in [5.74, 6) is 0.532. The van der Waals surface area contributed by atoms with Gasteiger partial charge in [0.2, 0.25) is 5.89 Å². The Morgan fingerprint density at radius 1 is 1.06 bits per heavy atom. The van der Waals surface area contributed by atoms with E-state index in [4.69, 9.17) is 9.52 Å². The Bertz CT molecular complexity index is 1340. The van der Waals surface area contributed by atoms with Gasteiger partial charge < -0.3 is 9.32 Å². The van der Waals surface area contributed by atoms with Crippen LogP contribution in [0.2, 0.25) is 0 Å². The van der Waals surface area contributed by atoms with Crippen molar-refractivity contribution < 1.29 is 13.6 Å². The van der Waals surface area contributed by atoms with Crippen LogP contribution in [0.3, 0.4) is 0 Å². The molecule has 0 bridgehead atoms. The molecule has 180 valence electrons. The van der Waals surface area contributed by atoms with Crippen LogP contribution in [0.1, 0.15) is 54.4 Å². The molecule has 1 aliphatic rings. The summed E-state index contributed by atoms with van der Waals surface area (Å²) in [5.41, 5.74) is 4.42. The van der Waals surface area contributed by atoms with Gasteiger partial charge in [0.25, 0.3) is 11.8 Å². The third-order valence-electron chi connectivity index (χ3n) is 6.69. The zero-order chi connectivity index (χ0) is 24.5. The van der Waals surface area contributed by atoms with E-state index < -0.39 is 0 Å². The van der Waals surface area contributed by atoms with Gasteiger partial charge in [0, 0.05) is 36.2 Å². The first-order chi connectivity index (χ1) is 17.0. The minimum absolute atomic E-state index is 0.0699. The molecule has 0 radical (unpaired) electrons. The van der Waals surface area contributed by atoms with E-state index >= 15 is 0 Å². The number of carbonyl (C=O) groups is 1. The summed E-state index contributed by atoms with van der Waals surface area (Å²) >= 11 is 0. The second kappa shape index (κ2) is 9.44. The number of likely N-dealkylation sites (tertiary alicyclic amines) is 1. The van der Waals surface area contributed by atoms with Crippen LogP contribution in [-0.4, -0.2) is 43.4 Å². The number of piperidine rings is 1. The van der Waals surface area contributed by atoms with Crippen LogP contribution in [-0.2, 0) is 0 Å². The van der Waals surface area contributed by atoms with Gasteiger partial charge in [0.05, 0.1) is 11.4 Å². The molecule has 35 heavy (non-hydrogen) atoms. The SMILES string of the molecule is CCC1CCCCN1C(=O)c1ccc(-n2nc(-c3nnc(C)o3)c(C)c2-c2ccc(F)cc2)cc1. The highest BCUT2D eigenvalue weighted by molar-refractivity contribution is 5.94. The Labute approximate surface area is 203 Å². The highest BCUT2D eigenvalue weighted by Crippen LogP contribution is 2.33. The van der Waals surface area contributed by atoms with Crippen molar-refractivity contribution in [2.45, 2.75) is 52.5 Å². The molecule has 1 unspecified atom stereocenters. The molecule has 1 fully saturated rings. The summed E-state index contributed by atoms with van der Waals surface area (Å²) in [6.45, 7) is 6.60. The minimum Gasteiger partial charge on any atom is -0.420 e. The van der Waals surface area contributed by atoms with Crippen LogP contribution < -0.4 is 0 Å². The van der Waals surface area contributed by atoms with Gasteiger partial charge in [0.1, 0.15) is 5.82 Å². The van der Waals surface area contributed by atoms with E-state index in [0.717, 1.165) is 48.3 Å². The zero-order valence-electron chi connectivity index (χ0n) is 20.2. The lowest BCUT2D eigenvalue weighted by molar-refractivity contribution is 0.0608. The van der Waals surface area contributed by atoms with Gasteiger partial charge in [-0.15, -0.1) is 10.2 Å². The zero-order valence-corrected chi connectivity index (χ0v) is 20.2. The van der Waals surface area contributed by atoms with Gasteiger partial charge in [-0.25, -0.2) is 9.07 Å². The van der Waals surface area contributed by atoms with Gasteiger partial charge in [-0.2, -0.15) is 5.10 Å². The Morgan fingerprint density at radius 3 is 2.46 bits per heavy atom. The van der Waals surface area contributed by atoms with Gasteiger partial charge in [0.15, 0.2) is 5.69 Å². The largest absolute Gasteiger partial charge is 0.420 e. The van der Waals surface area contributed by atoms with E-state index in [9.17, 15) is 9.18 Å². The summed E-state index contributed by atoms with van der Waals surface area (Å²) in [5, 5.41) is 12.8. The van der Waals surface area contributed by atoms with E-state index in [1.54, 1.807) is 23.7 Å². The molecule has 0 spiro atoms. The Hall–Kier alpha value is -3.81. The van der Waals surface area contributed by atoms with Crippen LogP contribution >= 0.6 is 0 Å². The minimum atomic E-state index is -0.309. The van der Waals surface area contributed by atoms with Gasteiger partial charge in [-0.1, -0.05) is 6.92 Å². The molecule has 8 heteroatoms. The van der Waals surface area contributed by atoms with Crippen LogP contribution in [0.15, 0.2) is 52.9 Å². The fourth-order valence-electron chi connectivity index (χ4n) is 4.83. The Balaban J connectivity index is 1.54. The van der Waals surface area contributed by atoms with Gasteiger partial charge in [-0.3, -0.25) is 4.79 Å². The first-order valence-corrected chi connectivity index (χ1v) is 12.0. The molecular formula is C27H28FN5O2. The molecule has 1 amide bonds. The fraction of sp³-hybridized carbons (Fsp3) is 0.333. The number of aromatic nitrogens is 4. The first kappa shape index (κ1) is 23.0. The molecule has 0 N–H and O–H groups in total. The van der Waals surface area contributed by atoms with E-state index in [0.29, 0.717) is 29.1 Å². The van der Waals surface area contributed by atoms with Crippen LogP contribution in [0, 0.1) is 19.7 Å². The second-order valence-corrected chi connectivity index (χ2v) is 8.97. The lowest BCUT2D eigenvalue weighted by Gasteiger charge is -2.35. The maximum Gasteiger partial charge on any atom is 0.268 e. The third kappa shape index (κ3) is 4.36. The highest BCUT2D eigenvalue weighted by atomic mass is 19.1. The summed E-state index contributed by atoms with van der Waals surface area (Å²) in [4.78, 5) is 15.2. The standard InChI is InChI=1S/C27H28FN5O2/c1-4-22-7-5-6-16-32(22)27(34)20-10-14-23(15-11-20)33-25(19-8-12-21(28)13-9-19)17(2)24(31-33)26-30-29-18(3)35-26/h8-15,22H,4-7,16H2,1-3H3. The number of hydrogen-bond donors (Lipinski definition) is 0. The number of rotatable bonds is 5. The van der Waals surface area contributed by atoms with Crippen molar-refractivity contribution in [2.24, 2.45) is 0 Å². The summed E-state index contributed by atoms with van der Waals surface area (Å²) < 4.78 is 21.1. The summed E-state index contributed by atoms with van der Waals surface area (Å²) in [6.07, 6.45) is 4.25. The van der Waals surface area contributed by atoms with Gasteiger partial charge >= 0.3 is 0 Å². The Morgan fingerprint density at radius 2 is 1.80 bits per heavy atom. The van der Waals surface area contributed by atoms with Crippen molar-refractivity contribution in [1.82, 2.24) is 24.9 Å². The number of amides is 1. The van der Waals surface area contributed by atoms with Crippen LogP contribution in [0.25, 0.3) is 28.5 Å². The van der Waals surface area contributed by atoms with Crippen molar-refractivity contribution >= 4 is 5.91 Å². The summed E-state index contributed by atoms with van der Waals surface area (Å²) in [7, 11) is 0. The number of hydrogen-bond acceptors (Lipinski definition) is 5. The second-order valence-electron chi connectivity index (χ2n) is 8.97. The average molecular weight is 474 g/mol. The lowest BCUT2D eigenvalue weighted by Crippen LogP contribution is -2.43. The van der Waals surface area contributed by atoms with E-state index in [-0.39, 0.29) is 11.7 Å². The van der Waals surface area contributed by atoms with Crippen LogP contribution in [0.4, 0.5) is 4.39 Å². The molecule has 1 atom stereocenters. The smallest absolute Gasteiger partial charge is 0.268 e. The monoisotopic (exact) mass is 473 g/mol. The molecule has 0 saturated carbocycles. The molecule has 5 rings (SSSR count). The number of halogens is 1. The number of aryl methyl sites for hydroxylation is 1. The number of nitrogens with zero attached hydrogens (tertiary/aromatic N) is 5. The molecule has 7 nitrogen and oxygen atoms in total. The third-order valence-corrected chi connectivity index (χ3v) is 6.69. The normalized spacial score (nSPS) is 16.0. The molecule has 1 saturated heterocycles. The van der Waals surface area contributed by atoms with E-state index in [1.807, 2.05) is 36.1 Å². The fourth-order valence-corrected chi connectivity index (χ4v) is 4.83. The molecule has 4 aromatic rings. The van der Waals surface area contributed by atoms with Gasteiger partial charge in [-0.05, 0) is 81.1 Å². The maximum atomic E-state index is 13.6. The predicted octanol–water partition coefficient (Wildman–Crippen LogP) is 5.75. The molecule has 1 aliphatic heterocycles. The number of benzene rings is 2. The average Bonchev–Trinajstić information content (AvgIpc) is 3.47. The topological polar surface area (TPSA) is 77.1 Å². The molecule has 2 aromatic carbocycles. The van der Waals surface area contributed by atoms with E-state index in [1.165, 1.54) is 18.6 Å². The summed E-state index contributed by atoms with van der Waals surface area (Å²) in [6, 6.07) is 14.1. The maximum absolute atomic E-state index is 13.6. The lowest BCUT2D eigenvalue weighted by atomic mass is 9.99. The van der Waals surface area contributed by atoms with Crippen molar-refractivity contribution in [3.05, 3.63) is 71.4 Å². The number of carbonyl (C=O) groups excluding carboxylic acids is 1. The van der Waals surface area contributed by atoms with Crippen molar-refractivity contribution in [3.63, 3.8) is 0 Å². The molecular weight excluding hydrogens is 445 g/mol. The van der Waals surface area contributed by atoms with Crippen molar-refractivity contribution in [3.8, 4) is 28.5 Å². The van der Waals surface area contributed by atoms with E-state index in [2.05, 4.69) is 17.1 Å². The molecule has 0 aliphatic carbocycles. The predicted molar refractivity (Wildman–Crippen MR) is 131 cm³/mol. The van der Waals surface area contributed by atoms with Crippen molar-refractivity contribution in [1.29, 1.82) is 0 Å². The van der Waals surface area contributed by atoms with Crippen LogP contribution in [0.5, 0.6) is 0 Å². The quantitative estimate of drug-likeness (QED) is 0.369. The molecule has 2 aromatic heterocycles. The Kier molecular flexibility index (Phi) is 6.19. The highest BCUT2D eigenvalue weighted by Gasteiger charge is 2.27. The van der Waals surface area contributed by atoms with Crippen molar-refractivity contribution in [2.75, 3.05) is 6.54 Å².